The summed E-state index contributed by atoms with van der Waals surface area (Å²) in [6.45, 7) is 4.63. The number of aromatic nitrogens is 1. The van der Waals surface area contributed by atoms with Gasteiger partial charge in [0.15, 0.2) is 0 Å². The van der Waals surface area contributed by atoms with E-state index in [0.29, 0.717) is 6.61 Å². The molecule has 4 heteroatoms. The number of nitrogens with zero attached hydrogens (tertiary/aromatic N) is 1. The maximum absolute atomic E-state index is 5.97. The largest absolute Gasteiger partial charge is 0.486 e. The van der Waals surface area contributed by atoms with Crippen molar-refractivity contribution in [1.82, 2.24) is 4.98 Å². The van der Waals surface area contributed by atoms with Gasteiger partial charge < -0.3 is 10.5 Å². The van der Waals surface area contributed by atoms with Crippen molar-refractivity contribution < 1.29 is 4.74 Å². The molecule has 0 bridgehead atoms. The molecule has 0 amide bonds. The SMILES string of the molecule is CCC(N)Cc1cccc(OCc2nc(C)cs2)c1. The molecule has 0 saturated heterocycles. The van der Waals surface area contributed by atoms with E-state index in [0.717, 1.165) is 29.3 Å². The Morgan fingerprint density at radius 3 is 2.95 bits per heavy atom. The van der Waals surface area contributed by atoms with Crippen LogP contribution >= 0.6 is 11.3 Å². The number of benzene rings is 1. The van der Waals surface area contributed by atoms with Gasteiger partial charge in [0.1, 0.15) is 17.4 Å². The minimum atomic E-state index is 0.219. The molecule has 0 radical (unpaired) electrons. The lowest BCUT2D eigenvalue weighted by molar-refractivity contribution is 0.305. The number of thiazole rings is 1. The van der Waals surface area contributed by atoms with Crippen molar-refractivity contribution in [3.63, 3.8) is 0 Å². The highest BCUT2D eigenvalue weighted by Crippen LogP contribution is 2.17. The molecule has 1 aromatic heterocycles. The second kappa shape index (κ2) is 6.68. The van der Waals surface area contributed by atoms with Crippen molar-refractivity contribution in [2.45, 2.75) is 39.3 Å². The topological polar surface area (TPSA) is 48.1 Å². The molecule has 2 aromatic rings. The Balaban J connectivity index is 1.95. The Kier molecular flexibility index (Phi) is 4.93. The van der Waals surface area contributed by atoms with Crippen LogP contribution in [0.25, 0.3) is 0 Å². The third-order valence-electron chi connectivity index (χ3n) is 2.95. The summed E-state index contributed by atoms with van der Waals surface area (Å²) in [4.78, 5) is 4.38. The van der Waals surface area contributed by atoms with E-state index in [1.165, 1.54) is 5.56 Å². The summed E-state index contributed by atoms with van der Waals surface area (Å²) < 4.78 is 5.77. The number of hydrogen-bond acceptors (Lipinski definition) is 4. The second-order valence-corrected chi connectivity index (χ2v) is 5.63. The van der Waals surface area contributed by atoms with Gasteiger partial charge in [-0.15, -0.1) is 11.3 Å². The summed E-state index contributed by atoms with van der Waals surface area (Å²) in [7, 11) is 0. The fraction of sp³-hybridized carbons (Fsp3) is 0.400. The van der Waals surface area contributed by atoms with Crippen LogP contribution in [0.15, 0.2) is 29.6 Å². The zero-order chi connectivity index (χ0) is 13.7. The number of aryl methyl sites for hydroxylation is 1. The van der Waals surface area contributed by atoms with Crippen LogP contribution in [0.4, 0.5) is 0 Å². The van der Waals surface area contributed by atoms with Crippen molar-refractivity contribution in [1.29, 1.82) is 0 Å². The third kappa shape index (κ3) is 4.33. The summed E-state index contributed by atoms with van der Waals surface area (Å²) in [5, 5.41) is 3.04. The van der Waals surface area contributed by atoms with Gasteiger partial charge in [-0.1, -0.05) is 19.1 Å². The molecule has 2 rings (SSSR count). The molecule has 2 N–H and O–H groups in total. The van der Waals surface area contributed by atoms with E-state index in [9.17, 15) is 0 Å². The van der Waals surface area contributed by atoms with Crippen molar-refractivity contribution >= 4 is 11.3 Å². The lowest BCUT2D eigenvalue weighted by atomic mass is 10.0. The molecule has 1 atom stereocenters. The molecule has 0 fully saturated rings. The highest BCUT2D eigenvalue weighted by Gasteiger charge is 2.04. The van der Waals surface area contributed by atoms with E-state index in [1.54, 1.807) is 11.3 Å². The molecular weight excluding hydrogens is 256 g/mol. The molecule has 0 aliphatic rings. The van der Waals surface area contributed by atoms with E-state index < -0.39 is 0 Å². The van der Waals surface area contributed by atoms with E-state index in [-0.39, 0.29) is 6.04 Å². The van der Waals surface area contributed by atoms with Gasteiger partial charge in [-0.2, -0.15) is 0 Å². The van der Waals surface area contributed by atoms with Gasteiger partial charge in [-0.3, -0.25) is 0 Å². The molecule has 0 saturated carbocycles. The Labute approximate surface area is 118 Å². The predicted octanol–water partition coefficient (Wildman–Crippen LogP) is 3.31. The van der Waals surface area contributed by atoms with Crippen LogP contribution in [-0.4, -0.2) is 11.0 Å². The lowest BCUT2D eigenvalue weighted by Gasteiger charge is -2.10. The summed E-state index contributed by atoms with van der Waals surface area (Å²) in [6.07, 6.45) is 1.88. The summed E-state index contributed by atoms with van der Waals surface area (Å²) in [5.41, 5.74) is 8.25. The first-order valence-corrected chi connectivity index (χ1v) is 7.43. The maximum atomic E-state index is 5.97. The fourth-order valence-corrected chi connectivity index (χ4v) is 2.51. The first-order valence-electron chi connectivity index (χ1n) is 6.55. The average Bonchev–Trinajstić information content (AvgIpc) is 2.82. The van der Waals surface area contributed by atoms with Gasteiger partial charge in [-0.05, 0) is 37.5 Å². The minimum Gasteiger partial charge on any atom is -0.486 e. The Morgan fingerprint density at radius 1 is 1.42 bits per heavy atom. The second-order valence-electron chi connectivity index (χ2n) is 4.69. The summed E-state index contributed by atoms with van der Waals surface area (Å²) >= 11 is 1.63. The predicted molar refractivity (Wildman–Crippen MR) is 79.6 cm³/mol. The molecule has 0 aliphatic heterocycles. The van der Waals surface area contributed by atoms with Crippen LogP contribution in [0.2, 0.25) is 0 Å². The number of ether oxygens (including phenoxy) is 1. The van der Waals surface area contributed by atoms with E-state index in [1.807, 2.05) is 24.4 Å². The van der Waals surface area contributed by atoms with Crippen LogP contribution in [-0.2, 0) is 13.0 Å². The van der Waals surface area contributed by atoms with Gasteiger partial charge in [-0.25, -0.2) is 4.98 Å². The zero-order valence-electron chi connectivity index (χ0n) is 11.4. The molecule has 3 nitrogen and oxygen atoms in total. The van der Waals surface area contributed by atoms with Crippen LogP contribution in [0.3, 0.4) is 0 Å². The summed E-state index contributed by atoms with van der Waals surface area (Å²) in [5.74, 6) is 0.883. The zero-order valence-corrected chi connectivity index (χ0v) is 12.2. The fourth-order valence-electron chi connectivity index (χ4n) is 1.82. The van der Waals surface area contributed by atoms with Crippen LogP contribution in [0, 0.1) is 6.92 Å². The molecule has 1 heterocycles. The standard InChI is InChI=1S/C15H20N2OS/c1-3-13(16)7-12-5-4-6-14(8-12)18-9-15-17-11(2)10-19-15/h4-6,8,10,13H,3,7,9,16H2,1-2H3. The van der Waals surface area contributed by atoms with Crippen molar-refractivity contribution in [3.05, 3.63) is 45.9 Å². The minimum absolute atomic E-state index is 0.219. The van der Waals surface area contributed by atoms with Gasteiger partial charge >= 0.3 is 0 Å². The first kappa shape index (κ1) is 14.0. The molecule has 1 unspecified atom stereocenters. The number of rotatable bonds is 6. The third-order valence-corrected chi connectivity index (χ3v) is 3.89. The molecule has 1 aromatic carbocycles. The number of hydrogen-bond donors (Lipinski definition) is 1. The lowest BCUT2D eigenvalue weighted by Crippen LogP contribution is -2.21. The Bertz CT molecular complexity index is 524. The number of nitrogens with two attached hydrogens (primary N) is 1. The smallest absolute Gasteiger partial charge is 0.140 e. The highest BCUT2D eigenvalue weighted by molar-refractivity contribution is 7.09. The highest BCUT2D eigenvalue weighted by atomic mass is 32.1. The van der Waals surface area contributed by atoms with Gasteiger partial charge in [0.05, 0.1) is 0 Å². The van der Waals surface area contributed by atoms with Gasteiger partial charge in [0.2, 0.25) is 0 Å². The molecule has 0 aliphatic carbocycles. The molecule has 102 valence electrons. The van der Waals surface area contributed by atoms with E-state index in [2.05, 4.69) is 24.0 Å². The molecular formula is C15H20N2OS. The Hall–Kier alpha value is -1.39. The molecule has 0 spiro atoms. The summed E-state index contributed by atoms with van der Waals surface area (Å²) in [6, 6.07) is 8.37. The van der Waals surface area contributed by atoms with Gasteiger partial charge in [0, 0.05) is 17.1 Å². The normalized spacial score (nSPS) is 12.4. The van der Waals surface area contributed by atoms with Crippen LogP contribution < -0.4 is 10.5 Å². The van der Waals surface area contributed by atoms with E-state index in [4.69, 9.17) is 10.5 Å². The van der Waals surface area contributed by atoms with E-state index >= 15 is 0 Å². The monoisotopic (exact) mass is 276 g/mol. The van der Waals surface area contributed by atoms with Crippen LogP contribution in [0.1, 0.15) is 29.6 Å². The van der Waals surface area contributed by atoms with Crippen molar-refractivity contribution in [3.8, 4) is 5.75 Å². The van der Waals surface area contributed by atoms with Crippen LogP contribution in [0.5, 0.6) is 5.75 Å². The van der Waals surface area contributed by atoms with Crippen molar-refractivity contribution in [2.24, 2.45) is 5.73 Å². The Morgan fingerprint density at radius 2 is 2.26 bits per heavy atom. The average molecular weight is 276 g/mol. The maximum Gasteiger partial charge on any atom is 0.140 e. The van der Waals surface area contributed by atoms with Crippen molar-refractivity contribution in [2.75, 3.05) is 0 Å². The first-order chi connectivity index (χ1) is 9.17. The quantitative estimate of drug-likeness (QED) is 0.880. The molecule has 19 heavy (non-hydrogen) atoms. The van der Waals surface area contributed by atoms with Gasteiger partial charge in [0.25, 0.3) is 0 Å².